The summed E-state index contributed by atoms with van der Waals surface area (Å²) >= 11 is 0. The number of carbonyl (C=O) groups is 1. The quantitative estimate of drug-likeness (QED) is 0.756. The van der Waals surface area contributed by atoms with Crippen LogP contribution >= 0.6 is 0 Å². The van der Waals surface area contributed by atoms with Crippen molar-refractivity contribution in [2.45, 2.75) is 13.5 Å². The van der Waals surface area contributed by atoms with Crippen molar-refractivity contribution in [3.63, 3.8) is 0 Å². The molecule has 0 aliphatic carbocycles. The van der Waals surface area contributed by atoms with E-state index in [1.165, 1.54) is 6.07 Å². The van der Waals surface area contributed by atoms with Gasteiger partial charge in [-0.05, 0) is 11.6 Å². The molecule has 19 heavy (non-hydrogen) atoms. The van der Waals surface area contributed by atoms with Crippen LogP contribution in [0.5, 0.6) is 0 Å². The number of hydrogen-bond acceptors (Lipinski definition) is 3. The Bertz CT molecular complexity index is 648. The summed E-state index contributed by atoms with van der Waals surface area (Å²) in [4.78, 5) is 26.0. The van der Waals surface area contributed by atoms with Crippen LogP contribution in [0.4, 0.5) is 0 Å². The lowest BCUT2D eigenvalue weighted by Crippen LogP contribution is -2.33. The van der Waals surface area contributed by atoms with Crippen molar-refractivity contribution in [3.05, 3.63) is 46.2 Å². The molecular weight excluding hydrogens is 242 g/mol. The molecule has 1 aromatic heterocycles. The first-order valence-electron chi connectivity index (χ1n) is 6.20. The van der Waals surface area contributed by atoms with E-state index in [0.29, 0.717) is 13.1 Å². The van der Waals surface area contributed by atoms with Crippen LogP contribution in [0.1, 0.15) is 12.5 Å². The third-order valence-corrected chi connectivity index (χ3v) is 3.09. The number of benzene rings is 1. The average molecular weight is 259 g/mol. The second kappa shape index (κ2) is 5.67. The highest BCUT2D eigenvalue weighted by atomic mass is 16.2. The van der Waals surface area contributed by atoms with Gasteiger partial charge in [0.1, 0.15) is 0 Å². The number of carbonyl (C=O) groups excluding carboxylic acids is 1. The Morgan fingerprint density at radius 1 is 1.42 bits per heavy atom. The lowest BCUT2D eigenvalue weighted by Gasteiger charge is -2.11. The van der Waals surface area contributed by atoms with E-state index < -0.39 is 0 Å². The number of para-hydroxylation sites is 1. The lowest BCUT2D eigenvalue weighted by molar-refractivity contribution is -0.124. The average Bonchev–Trinajstić information content (AvgIpc) is 2.43. The van der Waals surface area contributed by atoms with Crippen molar-refractivity contribution in [1.82, 2.24) is 10.3 Å². The topological polar surface area (TPSA) is 88.0 Å². The number of fused-ring (bicyclic) bond motifs is 1. The fourth-order valence-electron chi connectivity index (χ4n) is 1.89. The van der Waals surface area contributed by atoms with E-state index in [1.54, 1.807) is 6.92 Å². The standard InChI is InChI=1S/C14H17N3O2/c1-9(7-15)14(19)16-8-10-6-13(18)17-12-5-3-2-4-11(10)12/h2-6,9H,7-8,15H2,1H3,(H,16,19)(H,17,18). The van der Waals surface area contributed by atoms with E-state index in [9.17, 15) is 9.59 Å². The van der Waals surface area contributed by atoms with Gasteiger partial charge in [0.2, 0.25) is 11.5 Å². The van der Waals surface area contributed by atoms with Gasteiger partial charge < -0.3 is 16.0 Å². The minimum absolute atomic E-state index is 0.105. The zero-order chi connectivity index (χ0) is 13.8. The van der Waals surface area contributed by atoms with E-state index in [1.807, 2.05) is 24.3 Å². The van der Waals surface area contributed by atoms with Crippen LogP contribution in [0, 0.1) is 5.92 Å². The number of amides is 1. The maximum Gasteiger partial charge on any atom is 0.248 e. The van der Waals surface area contributed by atoms with Gasteiger partial charge in [-0.1, -0.05) is 25.1 Å². The van der Waals surface area contributed by atoms with E-state index in [-0.39, 0.29) is 17.4 Å². The fraction of sp³-hybridized carbons (Fsp3) is 0.286. The second-order valence-electron chi connectivity index (χ2n) is 4.56. The molecule has 5 nitrogen and oxygen atoms in total. The number of pyridine rings is 1. The molecule has 2 aromatic rings. The Kier molecular flexibility index (Phi) is 3.97. The molecule has 100 valence electrons. The molecule has 2 rings (SSSR count). The SMILES string of the molecule is CC(CN)C(=O)NCc1cc(=O)[nH]c2ccccc12. The van der Waals surface area contributed by atoms with E-state index in [0.717, 1.165) is 16.5 Å². The van der Waals surface area contributed by atoms with Crippen molar-refractivity contribution in [1.29, 1.82) is 0 Å². The first kappa shape index (κ1) is 13.3. The highest BCUT2D eigenvalue weighted by Gasteiger charge is 2.11. The maximum absolute atomic E-state index is 11.7. The summed E-state index contributed by atoms with van der Waals surface area (Å²) in [6.45, 7) is 2.40. The number of hydrogen-bond donors (Lipinski definition) is 3. The summed E-state index contributed by atoms with van der Waals surface area (Å²) in [5.74, 6) is -0.333. The van der Waals surface area contributed by atoms with Gasteiger partial charge in [-0.25, -0.2) is 0 Å². The molecule has 4 N–H and O–H groups in total. The third-order valence-electron chi connectivity index (χ3n) is 3.09. The highest BCUT2D eigenvalue weighted by Crippen LogP contribution is 2.14. The molecule has 0 bridgehead atoms. The lowest BCUT2D eigenvalue weighted by atomic mass is 10.1. The molecule has 1 aromatic carbocycles. The summed E-state index contributed by atoms with van der Waals surface area (Å²) in [6.07, 6.45) is 0. The molecule has 1 amide bonds. The van der Waals surface area contributed by atoms with Crippen LogP contribution < -0.4 is 16.6 Å². The second-order valence-corrected chi connectivity index (χ2v) is 4.56. The largest absolute Gasteiger partial charge is 0.352 e. The van der Waals surface area contributed by atoms with Gasteiger partial charge in [0.05, 0.1) is 0 Å². The minimum Gasteiger partial charge on any atom is -0.352 e. The molecule has 0 aliphatic heterocycles. The molecular formula is C14H17N3O2. The first-order valence-corrected chi connectivity index (χ1v) is 6.20. The number of aromatic nitrogens is 1. The van der Waals surface area contributed by atoms with E-state index in [2.05, 4.69) is 10.3 Å². The van der Waals surface area contributed by atoms with Crippen LogP contribution in [0.15, 0.2) is 35.1 Å². The van der Waals surface area contributed by atoms with Crippen molar-refractivity contribution in [2.24, 2.45) is 11.7 Å². The normalized spacial score (nSPS) is 12.3. The molecule has 0 spiro atoms. The number of aromatic amines is 1. The summed E-state index contributed by atoms with van der Waals surface area (Å²) in [6, 6.07) is 9.02. The number of rotatable bonds is 4. The molecule has 5 heteroatoms. The Hall–Kier alpha value is -2.14. The zero-order valence-electron chi connectivity index (χ0n) is 10.8. The predicted molar refractivity (Wildman–Crippen MR) is 74.6 cm³/mol. The van der Waals surface area contributed by atoms with Gasteiger partial charge in [-0.2, -0.15) is 0 Å². The number of nitrogens with one attached hydrogen (secondary N) is 2. The highest BCUT2D eigenvalue weighted by molar-refractivity contribution is 5.83. The van der Waals surface area contributed by atoms with Crippen LogP contribution in [-0.4, -0.2) is 17.4 Å². The minimum atomic E-state index is -0.228. The van der Waals surface area contributed by atoms with E-state index in [4.69, 9.17) is 5.73 Å². The van der Waals surface area contributed by atoms with Crippen molar-refractivity contribution < 1.29 is 4.79 Å². The molecule has 1 atom stereocenters. The molecule has 0 aliphatic rings. The summed E-state index contributed by atoms with van der Waals surface area (Å²) in [5.41, 5.74) is 6.84. The first-order chi connectivity index (χ1) is 9.11. The van der Waals surface area contributed by atoms with Crippen LogP contribution in [-0.2, 0) is 11.3 Å². The Morgan fingerprint density at radius 3 is 2.89 bits per heavy atom. The van der Waals surface area contributed by atoms with Crippen molar-refractivity contribution in [3.8, 4) is 0 Å². The Labute approximate surface area is 110 Å². The molecule has 1 heterocycles. The molecule has 0 saturated heterocycles. The number of H-pyrrole nitrogens is 1. The molecule has 0 fully saturated rings. The van der Waals surface area contributed by atoms with Crippen LogP contribution in [0.2, 0.25) is 0 Å². The summed E-state index contributed by atoms with van der Waals surface area (Å²) < 4.78 is 0. The smallest absolute Gasteiger partial charge is 0.248 e. The van der Waals surface area contributed by atoms with Crippen LogP contribution in [0.3, 0.4) is 0 Å². The third kappa shape index (κ3) is 3.00. The predicted octanol–water partition coefficient (Wildman–Crippen LogP) is 0.739. The van der Waals surface area contributed by atoms with Gasteiger partial charge in [-0.15, -0.1) is 0 Å². The summed E-state index contributed by atoms with van der Waals surface area (Å²) in [7, 11) is 0. The fourth-order valence-corrected chi connectivity index (χ4v) is 1.89. The number of nitrogens with two attached hydrogens (primary N) is 1. The Balaban J connectivity index is 2.25. The van der Waals surface area contributed by atoms with Gasteiger partial charge in [0.25, 0.3) is 0 Å². The molecule has 1 unspecified atom stereocenters. The maximum atomic E-state index is 11.7. The van der Waals surface area contributed by atoms with E-state index >= 15 is 0 Å². The van der Waals surface area contributed by atoms with Crippen molar-refractivity contribution >= 4 is 16.8 Å². The Morgan fingerprint density at radius 2 is 2.16 bits per heavy atom. The summed E-state index contributed by atoms with van der Waals surface area (Å²) in [5, 5.41) is 3.73. The molecule has 0 radical (unpaired) electrons. The van der Waals surface area contributed by atoms with Gasteiger partial charge in [0, 0.05) is 36.0 Å². The zero-order valence-corrected chi connectivity index (χ0v) is 10.8. The monoisotopic (exact) mass is 259 g/mol. The van der Waals surface area contributed by atoms with Gasteiger partial charge >= 0.3 is 0 Å². The molecule has 0 saturated carbocycles. The van der Waals surface area contributed by atoms with Crippen LogP contribution in [0.25, 0.3) is 10.9 Å². The van der Waals surface area contributed by atoms with Crippen molar-refractivity contribution in [2.75, 3.05) is 6.54 Å². The van der Waals surface area contributed by atoms with Gasteiger partial charge in [0.15, 0.2) is 0 Å². The van der Waals surface area contributed by atoms with Gasteiger partial charge in [-0.3, -0.25) is 9.59 Å².